The van der Waals surface area contributed by atoms with Crippen molar-refractivity contribution in [1.82, 2.24) is 10.1 Å². The van der Waals surface area contributed by atoms with Gasteiger partial charge in [-0.15, -0.1) is 0 Å². The largest absolute Gasteiger partial charge is 0.339 e. The Morgan fingerprint density at radius 2 is 1.61 bits per heavy atom. The number of hydrogen-bond acceptors (Lipinski definition) is 4. The molecule has 5 heteroatoms. The first-order valence-corrected chi connectivity index (χ1v) is 10.6. The molecule has 0 radical (unpaired) electrons. The van der Waals surface area contributed by atoms with Gasteiger partial charge in [0, 0.05) is 30.1 Å². The molecular formula is C26H23N3O2. The summed E-state index contributed by atoms with van der Waals surface area (Å²) in [6.45, 7) is 2.09. The lowest BCUT2D eigenvalue weighted by Crippen LogP contribution is -2.35. The zero-order chi connectivity index (χ0) is 21.2. The first-order chi connectivity index (χ1) is 15.2. The number of benzene rings is 3. The van der Waals surface area contributed by atoms with E-state index < -0.39 is 0 Å². The number of anilines is 1. The van der Waals surface area contributed by atoms with Crippen molar-refractivity contribution in [3.63, 3.8) is 0 Å². The second-order valence-corrected chi connectivity index (χ2v) is 7.90. The Balaban J connectivity index is 1.25. The molecular weight excluding hydrogens is 386 g/mol. The lowest BCUT2D eigenvalue weighted by atomic mass is 10.0. The van der Waals surface area contributed by atoms with Crippen molar-refractivity contribution in [2.45, 2.75) is 32.2 Å². The second-order valence-electron chi connectivity index (χ2n) is 7.90. The molecule has 3 aromatic carbocycles. The van der Waals surface area contributed by atoms with Gasteiger partial charge in [0.2, 0.25) is 17.6 Å². The summed E-state index contributed by atoms with van der Waals surface area (Å²) in [5.74, 6) is 1.11. The number of aryl methyl sites for hydroxylation is 1. The Bertz CT molecular complexity index is 1200. The van der Waals surface area contributed by atoms with Crippen molar-refractivity contribution in [2.75, 3.05) is 4.90 Å². The fourth-order valence-electron chi connectivity index (χ4n) is 4.20. The highest BCUT2D eigenvalue weighted by atomic mass is 16.5. The molecule has 1 aliphatic heterocycles. The Morgan fingerprint density at radius 3 is 2.42 bits per heavy atom. The molecule has 0 bridgehead atoms. The Hall–Kier alpha value is -3.73. The van der Waals surface area contributed by atoms with Crippen LogP contribution in [0.2, 0.25) is 0 Å². The number of rotatable bonds is 5. The summed E-state index contributed by atoms with van der Waals surface area (Å²) in [6.07, 6.45) is 1.66. The molecule has 2 heterocycles. The predicted molar refractivity (Wildman–Crippen MR) is 121 cm³/mol. The van der Waals surface area contributed by atoms with Crippen LogP contribution >= 0.6 is 0 Å². The standard InChI is InChI=1S/C26H23N3O2/c1-18-17-22-9-5-6-10-23(22)29(18)25(30)16-15-24-27-26(28-31-24)21-13-11-20(12-14-21)19-7-3-2-4-8-19/h2-14,18H,15-17H2,1H3. The monoisotopic (exact) mass is 409 g/mol. The zero-order valence-corrected chi connectivity index (χ0v) is 17.4. The van der Waals surface area contributed by atoms with Gasteiger partial charge in [0.15, 0.2) is 0 Å². The highest BCUT2D eigenvalue weighted by Gasteiger charge is 2.30. The molecule has 0 saturated heterocycles. The molecule has 0 N–H and O–H groups in total. The molecule has 1 aliphatic rings. The highest BCUT2D eigenvalue weighted by Crippen LogP contribution is 2.32. The van der Waals surface area contributed by atoms with Crippen molar-refractivity contribution < 1.29 is 9.32 Å². The maximum absolute atomic E-state index is 12.9. The van der Waals surface area contributed by atoms with Crippen LogP contribution in [0, 0.1) is 0 Å². The Morgan fingerprint density at radius 1 is 0.935 bits per heavy atom. The topological polar surface area (TPSA) is 59.2 Å². The van der Waals surface area contributed by atoms with Crippen LogP contribution in [0.1, 0.15) is 24.8 Å². The minimum atomic E-state index is 0.0874. The summed E-state index contributed by atoms with van der Waals surface area (Å²) >= 11 is 0. The molecule has 1 aromatic heterocycles. The average Bonchev–Trinajstić information content (AvgIpc) is 3.42. The van der Waals surface area contributed by atoms with Crippen LogP contribution in [0.3, 0.4) is 0 Å². The molecule has 0 spiro atoms. The Labute approximate surface area is 181 Å². The van der Waals surface area contributed by atoms with E-state index in [1.807, 2.05) is 53.4 Å². The van der Waals surface area contributed by atoms with Crippen molar-refractivity contribution in [3.8, 4) is 22.5 Å². The summed E-state index contributed by atoms with van der Waals surface area (Å²) in [5.41, 5.74) is 5.44. The molecule has 1 amide bonds. The molecule has 4 aromatic rings. The number of aromatic nitrogens is 2. The maximum atomic E-state index is 12.9. The predicted octanol–water partition coefficient (Wildman–Crippen LogP) is 5.31. The van der Waals surface area contributed by atoms with E-state index in [9.17, 15) is 4.79 Å². The average molecular weight is 409 g/mol. The van der Waals surface area contributed by atoms with E-state index >= 15 is 0 Å². The summed E-state index contributed by atoms with van der Waals surface area (Å²) < 4.78 is 5.41. The van der Waals surface area contributed by atoms with E-state index in [1.165, 1.54) is 11.1 Å². The van der Waals surface area contributed by atoms with E-state index in [2.05, 4.69) is 47.4 Å². The van der Waals surface area contributed by atoms with Gasteiger partial charge in [-0.1, -0.05) is 78.0 Å². The normalized spacial score (nSPS) is 15.1. The maximum Gasteiger partial charge on any atom is 0.227 e. The lowest BCUT2D eigenvalue weighted by molar-refractivity contribution is -0.118. The zero-order valence-electron chi connectivity index (χ0n) is 17.4. The third kappa shape index (κ3) is 3.87. The fraction of sp³-hybridized carbons (Fsp3) is 0.192. The minimum absolute atomic E-state index is 0.0874. The van der Waals surface area contributed by atoms with Gasteiger partial charge in [-0.25, -0.2) is 0 Å². The molecule has 5 rings (SSSR count). The van der Waals surface area contributed by atoms with Gasteiger partial charge in [0.05, 0.1) is 0 Å². The van der Waals surface area contributed by atoms with Crippen LogP contribution in [-0.4, -0.2) is 22.1 Å². The van der Waals surface area contributed by atoms with Crippen LogP contribution in [0.4, 0.5) is 5.69 Å². The van der Waals surface area contributed by atoms with Gasteiger partial charge in [-0.3, -0.25) is 4.79 Å². The summed E-state index contributed by atoms with van der Waals surface area (Å²) in [4.78, 5) is 19.3. The second kappa shape index (κ2) is 8.19. The van der Waals surface area contributed by atoms with Gasteiger partial charge in [0.25, 0.3) is 0 Å². The molecule has 1 unspecified atom stereocenters. The fourth-order valence-corrected chi connectivity index (χ4v) is 4.20. The number of fused-ring (bicyclic) bond motifs is 1. The van der Waals surface area contributed by atoms with E-state index in [4.69, 9.17) is 4.52 Å². The third-order valence-electron chi connectivity index (χ3n) is 5.75. The van der Waals surface area contributed by atoms with Gasteiger partial charge >= 0.3 is 0 Å². The van der Waals surface area contributed by atoms with Gasteiger partial charge in [-0.05, 0) is 36.1 Å². The summed E-state index contributed by atoms with van der Waals surface area (Å²) in [7, 11) is 0. The van der Waals surface area contributed by atoms with E-state index in [0.29, 0.717) is 24.6 Å². The molecule has 0 aliphatic carbocycles. The van der Waals surface area contributed by atoms with E-state index in [1.54, 1.807) is 0 Å². The van der Waals surface area contributed by atoms with Crippen LogP contribution < -0.4 is 4.90 Å². The van der Waals surface area contributed by atoms with Crippen LogP contribution in [0.15, 0.2) is 83.4 Å². The SMILES string of the molecule is CC1Cc2ccccc2N1C(=O)CCc1nc(-c2ccc(-c3ccccc3)cc2)no1. The smallest absolute Gasteiger partial charge is 0.227 e. The van der Waals surface area contributed by atoms with Crippen molar-refractivity contribution in [1.29, 1.82) is 0 Å². The van der Waals surface area contributed by atoms with Crippen LogP contribution in [0.25, 0.3) is 22.5 Å². The number of carbonyl (C=O) groups excluding carboxylic acids is 1. The van der Waals surface area contributed by atoms with Crippen molar-refractivity contribution in [2.24, 2.45) is 0 Å². The van der Waals surface area contributed by atoms with Crippen molar-refractivity contribution in [3.05, 3.63) is 90.3 Å². The molecule has 1 atom stereocenters. The number of para-hydroxylation sites is 1. The molecule has 0 saturated carbocycles. The van der Waals surface area contributed by atoms with Crippen LogP contribution in [-0.2, 0) is 17.6 Å². The molecule has 5 nitrogen and oxygen atoms in total. The number of hydrogen-bond donors (Lipinski definition) is 0. The molecule has 31 heavy (non-hydrogen) atoms. The van der Waals surface area contributed by atoms with E-state index in [-0.39, 0.29) is 11.9 Å². The van der Waals surface area contributed by atoms with Crippen molar-refractivity contribution >= 4 is 11.6 Å². The summed E-state index contributed by atoms with van der Waals surface area (Å²) in [6, 6.07) is 26.6. The summed E-state index contributed by atoms with van der Waals surface area (Å²) in [5, 5.41) is 4.10. The number of nitrogens with zero attached hydrogens (tertiary/aromatic N) is 3. The highest BCUT2D eigenvalue weighted by molar-refractivity contribution is 5.96. The third-order valence-corrected chi connectivity index (χ3v) is 5.75. The minimum Gasteiger partial charge on any atom is -0.339 e. The molecule has 154 valence electrons. The van der Waals surface area contributed by atoms with Crippen LogP contribution in [0.5, 0.6) is 0 Å². The molecule has 0 fully saturated rings. The number of amides is 1. The first-order valence-electron chi connectivity index (χ1n) is 10.6. The quantitative estimate of drug-likeness (QED) is 0.448. The van der Waals surface area contributed by atoms with Gasteiger partial charge in [-0.2, -0.15) is 4.98 Å². The van der Waals surface area contributed by atoms with E-state index in [0.717, 1.165) is 23.2 Å². The number of carbonyl (C=O) groups is 1. The van der Waals surface area contributed by atoms with Gasteiger partial charge < -0.3 is 9.42 Å². The Kier molecular flexibility index (Phi) is 5.08. The first kappa shape index (κ1) is 19.2. The lowest BCUT2D eigenvalue weighted by Gasteiger charge is -2.22. The van der Waals surface area contributed by atoms with Gasteiger partial charge in [0.1, 0.15) is 0 Å².